The lowest BCUT2D eigenvalue weighted by molar-refractivity contribution is -0.128. The van der Waals surface area contributed by atoms with Crippen LogP contribution in [-0.4, -0.2) is 41.2 Å². The highest BCUT2D eigenvalue weighted by molar-refractivity contribution is 8.00. The molecule has 3 rings (SSSR count). The molecule has 1 aromatic heterocycles. The molecule has 1 amide bonds. The zero-order valence-corrected chi connectivity index (χ0v) is 12.3. The van der Waals surface area contributed by atoms with E-state index in [0.29, 0.717) is 0 Å². The average Bonchev–Trinajstić information content (AvgIpc) is 3.09. The number of likely N-dealkylation sites (tertiary alicyclic amines) is 1. The van der Waals surface area contributed by atoms with E-state index in [1.54, 1.807) is 17.4 Å². The van der Waals surface area contributed by atoms with Crippen LogP contribution < -0.4 is 0 Å². The summed E-state index contributed by atoms with van der Waals surface area (Å²) in [6, 6.07) is 4.01. The minimum atomic E-state index is 0.00818. The number of thioether (sulfide) groups is 1. The molecule has 2 aliphatic heterocycles. The van der Waals surface area contributed by atoms with E-state index in [1.807, 2.05) is 40.3 Å². The van der Waals surface area contributed by atoms with Gasteiger partial charge in [0, 0.05) is 42.6 Å². The molecule has 2 aliphatic rings. The monoisotopic (exact) mass is 295 g/mol. The van der Waals surface area contributed by atoms with Crippen LogP contribution in [0.15, 0.2) is 23.6 Å². The van der Waals surface area contributed by atoms with E-state index in [1.165, 1.54) is 0 Å². The molecule has 2 saturated heterocycles. The Bertz CT molecular complexity index is 454. The fourth-order valence-corrected chi connectivity index (χ4v) is 4.29. The number of hydrogen-bond acceptors (Lipinski definition) is 4. The summed E-state index contributed by atoms with van der Waals surface area (Å²) in [7, 11) is 0. The van der Waals surface area contributed by atoms with Crippen LogP contribution in [0.5, 0.6) is 0 Å². The molecule has 19 heavy (non-hydrogen) atoms. The number of thiophene rings is 1. The molecular weight excluding hydrogens is 278 g/mol. The molecule has 1 spiro atoms. The minimum Gasteiger partial charge on any atom is -0.363 e. The summed E-state index contributed by atoms with van der Waals surface area (Å²) in [5.41, 5.74) is 0. The second-order valence-electron chi connectivity index (χ2n) is 4.78. The summed E-state index contributed by atoms with van der Waals surface area (Å²) in [4.78, 5) is 15.2. The highest BCUT2D eigenvalue weighted by Crippen LogP contribution is 2.41. The maximum Gasteiger partial charge on any atom is 0.246 e. The summed E-state index contributed by atoms with van der Waals surface area (Å²) >= 11 is 3.56. The van der Waals surface area contributed by atoms with Crippen molar-refractivity contribution >= 4 is 35.1 Å². The number of hydrogen-bond donors (Lipinski definition) is 0. The van der Waals surface area contributed by atoms with Gasteiger partial charge >= 0.3 is 0 Å². The fraction of sp³-hybridized carbons (Fsp3) is 0.500. The first-order chi connectivity index (χ1) is 9.27. The lowest BCUT2D eigenvalue weighted by Crippen LogP contribution is -2.44. The predicted molar refractivity (Wildman–Crippen MR) is 80.3 cm³/mol. The first-order valence-corrected chi connectivity index (χ1v) is 8.42. The molecule has 2 fully saturated rings. The Hall–Kier alpha value is -0.780. The van der Waals surface area contributed by atoms with E-state index in [2.05, 4.69) is 0 Å². The van der Waals surface area contributed by atoms with Gasteiger partial charge in [-0.2, -0.15) is 0 Å². The van der Waals surface area contributed by atoms with Crippen LogP contribution in [0.1, 0.15) is 17.7 Å². The molecule has 3 nitrogen and oxygen atoms in total. The first kappa shape index (κ1) is 13.2. The maximum absolute atomic E-state index is 12.1. The topological polar surface area (TPSA) is 29.5 Å². The second-order valence-corrected chi connectivity index (χ2v) is 7.20. The summed E-state index contributed by atoms with van der Waals surface area (Å²) in [5, 5.41) is 2.02. The van der Waals surface area contributed by atoms with Gasteiger partial charge in [-0.3, -0.25) is 4.79 Å². The van der Waals surface area contributed by atoms with E-state index in [9.17, 15) is 4.79 Å². The Morgan fingerprint density at radius 1 is 1.42 bits per heavy atom. The van der Waals surface area contributed by atoms with Gasteiger partial charge in [0.05, 0.1) is 6.61 Å². The number of rotatable bonds is 2. The Balaban J connectivity index is 1.54. The number of nitrogens with zero attached hydrogens (tertiary/aromatic N) is 1. The van der Waals surface area contributed by atoms with Gasteiger partial charge in [0.25, 0.3) is 0 Å². The standard InChI is InChI=1S/C14H17NO2S2/c16-13(4-3-12-2-1-10-18-12)15-7-5-14(6-8-15)17-9-11-19-14/h1-4,10H,5-9,11H2/b4-3+. The highest BCUT2D eigenvalue weighted by atomic mass is 32.2. The summed E-state index contributed by atoms with van der Waals surface area (Å²) in [5.74, 6) is 1.21. The molecule has 0 aliphatic carbocycles. The van der Waals surface area contributed by atoms with E-state index in [4.69, 9.17) is 4.74 Å². The zero-order valence-electron chi connectivity index (χ0n) is 10.7. The van der Waals surface area contributed by atoms with Crippen molar-refractivity contribution in [2.75, 3.05) is 25.4 Å². The van der Waals surface area contributed by atoms with Crippen LogP contribution in [0.3, 0.4) is 0 Å². The predicted octanol–water partition coefficient (Wildman–Crippen LogP) is 2.84. The molecule has 0 saturated carbocycles. The second kappa shape index (κ2) is 5.69. The van der Waals surface area contributed by atoms with Gasteiger partial charge in [0.2, 0.25) is 5.91 Å². The van der Waals surface area contributed by atoms with Gasteiger partial charge in [-0.1, -0.05) is 6.07 Å². The minimum absolute atomic E-state index is 0.00818. The molecule has 0 aromatic carbocycles. The van der Waals surface area contributed by atoms with Crippen molar-refractivity contribution in [1.29, 1.82) is 0 Å². The lowest BCUT2D eigenvalue weighted by Gasteiger charge is -2.37. The van der Waals surface area contributed by atoms with Gasteiger partial charge in [-0.05, 0) is 17.5 Å². The van der Waals surface area contributed by atoms with E-state index in [-0.39, 0.29) is 10.8 Å². The quantitative estimate of drug-likeness (QED) is 0.786. The van der Waals surface area contributed by atoms with Crippen molar-refractivity contribution in [2.45, 2.75) is 17.8 Å². The van der Waals surface area contributed by atoms with Crippen molar-refractivity contribution < 1.29 is 9.53 Å². The van der Waals surface area contributed by atoms with Crippen molar-refractivity contribution in [3.8, 4) is 0 Å². The lowest BCUT2D eigenvalue weighted by atomic mass is 10.1. The normalized spacial score (nSPS) is 22.4. The Morgan fingerprint density at radius 3 is 2.89 bits per heavy atom. The van der Waals surface area contributed by atoms with Crippen molar-refractivity contribution in [3.05, 3.63) is 28.5 Å². The largest absolute Gasteiger partial charge is 0.363 e. The SMILES string of the molecule is O=C(/C=C/c1cccs1)N1CCC2(CC1)OCCS2. The van der Waals surface area contributed by atoms with Crippen LogP contribution in [0.25, 0.3) is 6.08 Å². The van der Waals surface area contributed by atoms with E-state index < -0.39 is 0 Å². The third kappa shape index (κ3) is 3.04. The van der Waals surface area contributed by atoms with Crippen molar-refractivity contribution in [1.82, 2.24) is 4.90 Å². The molecule has 0 N–H and O–H groups in total. The first-order valence-electron chi connectivity index (χ1n) is 6.56. The average molecular weight is 295 g/mol. The van der Waals surface area contributed by atoms with Crippen LogP contribution in [0, 0.1) is 0 Å². The van der Waals surface area contributed by atoms with E-state index >= 15 is 0 Å². The Kier molecular flexibility index (Phi) is 3.96. The van der Waals surface area contributed by atoms with Crippen LogP contribution in [0.4, 0.5) is 0 Å². The number of carbonyl (C=O) groups is 1. The van der Waals surface area contributed by atoms with Crippen LogP contribution >= 0.6 is 23.1 Å². The summed E-state index contributed by atoms with van der Waals surface area (Å²) in [6.45, 7) is 2.47. The van der Waals surface area contributed by atoms with Gasteiger partial charge < -0.3 is 9.64 Å². The zero-order chi connectivity index (χ0) is 13.1. The van der Waals surface area contributed by atoms with Gasteiger partial charge in [-0.25, -0.2) is 0 Å². The van der Waals surface area contributed by atoms with Gasteiger partial charge in [0.15, 0.2) is 0 Å². The molecule has 102 valence electrons. The number of carbonyl (C=O) groups excluding carboxylic acids is 1. The molecule has 0 atom stereocenters. The summed E-state index contributed by atoms with van der Waals surface area (Å²) in [6.07, 6.45) is 5.50. The molecule has 0 unspecified atom stereocenters. The van der Waals surface area contributed by atoms with Crippen molar-refractivity contribution in [3.63, 3.8) is 0 Å². The third-order valence-corrected chi connectivity index (χ3v) is 5.84. The van der Waals surface area contributed by atoms with Crippen LogP contribution in [-0.2, 0) is 9.53 Å². The van der Waals surface area contributed by atoms with Gasteiger partial charge in [-0.15, -0.1) is 23.1 Å². The molecular formula is C14H17NO2S2. The number of amides is 1. The number of ether oxygens (including phenoxy) is 1. The number of piperidine rings is 1. The molecule has 1 aromatic rings. The van der Waals surface area contributed by atoms with Gasteiger partial charge in [0.1, 0.15) is 4.93 Å². The molecule has 5 heteroatoms. The maximum atomic E-state index is 12.1. The molecule has 3 heterocycles. The summed E-state index contributed by atoms with van der Waals surface area (Å²) < 4.78 is 5.84. The third-order valence-electron chi connectivity index (χ3n) is 3.58. The Labute approximate surface area is 121 Å². The Morgan fingerprint density at radius 2 is 2.26 bits per heavy atom. The van der Waals surface area contributed by atoms with Crippen LogP contribution in [0.2, 0.25) is 0 Å². The molecule has 0 radical (unpaired) electrons. The highest BCUT2D eigenvalue weighted by Gasteiger charge is 2.39. The smallest absolute Gasteiger partial charge is 0.246 e. The van der Waals surface area contributed by atoms with Crippen molar-refractivity contribution in [2.24, 2.45) is 0 Å². The van der Waals surface area contributed by atoms with E-state index in [0.717, 1.165) is 43.2 Å². The molecule has 0 bridgehead atoms. The fourth-order valence-electron chi connectivity index (χ4n) is 2.50.